The molecule has 1 aliphatic heterocycles. The van der Waals surface area contributed by atoms with E-state index in [-0.39, 0.29) is 11.3 Å². The van der Waals surface area contributed by atoms with Crippen molar-refractivity contribution >= 4 is 16.9 Å². The molecule has 33 heavy (non-hydrogen) atoms. The molecule has 0 bridgehead atoms. The van der Waals surface area contributed by atoms with E-state index in [1.165, 1.54) is 0 Å². The number of aryl methyl sites for hydroxylation is 2. The van der Waals surface area contributed by atoms with Gasteiger partial charge in [0.25, 0.3) is 0 Å². The van der Waals surface area contributed by atoms with Crippen molar-refractivity contribution in [2.45, 2.75) is 24.8 Å². The zero-order chi connectivity index (χ0) is 22.8. The zero-order valence-corrected chi connectivity index (χ0v) is 19.2. The molecule has 1 aliphatic rings. The van der Waals surface area contributed by atoms with Gasteiger partial charge in [0.1, 0.15) is 18.4 Å². The number of rotatable bonds is 6. The number of aromatic nitrogens is 4. The van der Waals surface area contributed by atoms with Gasteiger partial charge in [0.2, 0.25) is 0 Å². The van der Waals surface area contributed by atoms with Crippen molar-refractivity contribution < 1.29 is 4.74 Å². The summed E-state index contributed by atoms with van der Waals surface area (Å²) in [7, 11) is 1.94. The van der Waals surface area contributed by atoms with Crippen molar-refractivity contribution in [1.82, 2.24) is 19.5 Å². The lowest BCUT2D eigenvalue weighted by molar-refractivity contribution is 0.302. The van der Waals surface area contributed by atoms with E-state index in [1.54, 1.807) is 18.1 Å². The molecule has 7 nitrogen and oxygen atoms in total. The fourth-order valence-corrected chi connectivity index (χ4v) is 4.88. The van der Waals surface area contributed by atoms with Gasteiger partial charge in [-0.2, -0.15) is 0 Å². The SMILES string of the molecule is Cc1cccc(C2N=C(N)SC2c2ccnc(-c3ccc(OCc4cn(C)cn4)cc3)c2)n1. The third kappa shape index (κ3) is 4.75. The molecule has 0 aliphatic carbocycles. The van der Waals surface area contributed by atoms with Crippen LogP contribution in [-0.2, 0) is 13.7 Å². The van der Waals surface area contributed by atoms with Crippen LogP contribution in [0.25, 0.3) is 11.3 Å². The van der Waals surface area contributed by atoms with Gasteiger partial charge in [0.15, 0.2) is 5.17 Å². The molecule has 3 aromatic heterocycles. The van der Waals surface area contributed by atoms with Crippen LogP contribution in [0.15, 0.2) is 78.3 Å². The zero-order valence-electron chi connectivity index (χ0n) is 18.4. The predicted octanol–water partition coefficient (Wildman–Crippen LogP) is 4.61. The van der Waals surface area contributed by atoms with Crippen molar-refractivity contribution in [3.63, 3.8) is 0 Å². The highest BCUT2D eigenvalue weighted by Gasteiger charge is 2.33. The third-order valence-electron chi connectivity index (χ3n) is 5.42. The Morgan fingerprint density at radius 1 is 1.09 bits per heavy atom. The Morgan fingerprint density at radius 3 is 2.70 bits per heavy atom. The largest absolute Gasteiger partial charge is 0.487 e. The minimum Gasteiger partial charge on any atom is -0.487 e. The van der Waals surface area contributed by atoms with Gasteiger partial charge in [-0.05, 0) is 61.0 Å². The Hall–Kier alpha value is -3.65. The van der Waals surface area contributed by atoms with Crippen molar-refractivity contribution in [1.29, 1.82) is 0 Å². The highest BCUT2D eigenvalue weighted by molar-refractivity contribution is 8.14. The lowest BCUT2D eigenvalue weighted by atomic mass is 10.0. The molecule has 166 valence electrons. The second-order valence-electron chi connectivity index (χ2n) is 7.97. The van der Waals surface area contributed by atoms with Gasteiger partial charge >= 0.3 is 0 Å². The highest BCUT2D eigenvalue weighted by Crippen LogP contribution is 2.47. The third-order valence-corrected chi connectivity index (χ3v) is 6.55. The van der Waals surface area contributed by atoms with E-state index in [0.717, 1.165) is 39.7 Å². The second-order valence-corrected chi connectivity index (χ2v) is 9.13. The van der Waals surface area contributed by atoms with Gasteiger partial charge in [-0.1, -0.05) is 17.8 Å². The number of pyridine rings is 2. The number of nitrogens with two attached hydrogens (primary N) is 1. The normalized spacial score (nSPS) is 17.7. The van der Waals surface area contributed by atoms with E-state index in [9.17, 15) is 0 Å². The number of amidine groups is 1. The highest BCUT2D eigenvalue weighted by atomic mass is 32.2. The molecule has 1 aromatic carbocycles. The number of aliphatic imine (C=N–C) groups is 1. The van der Waals surface area contributed by atoms with Gasteiger partial charge in [-0.15, -0.1) is 0 Å². The Kier molecular flexibility index (Phi) is 5.83. The van der Waals surface area contributed by atoms with Crippen LogP contribution in [0.3, 0.4) is 0 Å². The standard InChI is InChI=1S/C25H24N6OS/c1-16-4-3-5-21(29-16)23-24(33-25(26)30-23)18-10-11-27-22(12-18)17-6-8-20(9-7-17)32-14-19-13-31(2)15-28-19/h3-13,15,23-24H,14H2,1-2H3,(H2,26,30). The average Bonchev–Trinajstić information content (AvgIpc) is 3.43. The van der Waals surface area contributed by atoms with Crippen molar-refractivity contribution in [3.05, 3.63) is 96.0 Å². The number of nitrogens with zero attached hydrogens (tertiary/aromatic N) is 5. The molecule has 4 heterocycles. The molecule has 0 spiro atoms. The van der Waals surface area contributed by atoms with Crippen LogP contribution in [-0.4, -0.2) is 24.7 Å². The number of ether oxygens (including phenoxy) is 1. The number of hydrogen-bond donors (Lipinski definition) is 1. The monoisotopic (exact) mass is 456 g/mol. The summed E-state index contributed by atoms with van der Waals surface area (Å²) in [6, 6.07) is 18.0. The molecule has 8 heteroatoms. The summed E-state index contributed by atoms with van der Waals surface area (Å²) in [5, 5.41) is 0.642. The number of thioether (sulfide) groups is 1. The van der Waals surface area contributed by atoms with Gasteiger partial charge in [-0.25, -0.2) is 4.98 Å². The molecule has 2 N–H and O–H groups in total. The predicted molar refractivity (Wildman–Crippen MR) is 131 cm³/mol. The Balaban J connectivity index is 1.34. The van der Waals surface area contributed by atoms with E-state index in [4.69, 9.17) is 10.5 Å². The van der Waals surface area contributed by atoms with Crippen molar-refractivity contribution in [3.8, 4) is 17.0 Å². The minimum absolute atomic E-state index is 0.0574. The summed E-state index contributed by atoms with van der Waals surface area (Å²) in [5.41, 5.74) is 11.9. The molecule has 0 radical (unpaired) electrons. The van der Waals surface area contributed by atoms with Gasteiger partial charge in [-0.3, -0.25) is 15.0 Å². The molecule has 5 rings (SSSR count). The molecular formula is C25H24N6OS. The Bertz CT molecular complexity index is 1300. The van der Waals surface area contributed by atoms with Crippen LogP contribution < -0.4 is 10.5 Å². The molecule has 0 fully saturated rings. The first-order valence-corrected chi connectivity index (χ1v) is 11.5. The summed E-state index contributed by atoms with van der Waals surface area (Å²) < 4.78 is 7.75. The fourth-order valence-electron chi connectivity index (χ4n) is 3.83. The summed E-state index contributed by atoms with van der Waals surface area (Å²) in [5.74, 6) is 0.790. The van der Waals surface area contributed by atoms with E-state index in [1.807, 2.05) is 79.5 Å². The quantitative estimate of drug-likeness (QED) is 0.456. The lowest BCUT2D eigenvalue weighted by Gasteiger charge is -2.18. The molecular weight excluding hydrogens is 432 g/mol. The summed E-state index contributed by atoms with van der Waals surface area (Å²) in [6.07, 6.45) is 5.55. The van der Waals surface area contributed by atoms with Crippen molar-refractivity contribution in [2.75, 3.05) is 0 Å². The minimum atomic E-state index is -0.118. The molecule has 0 saturated heterocycles. The smallest absolute Gasteiger partial charge is 0.155 e. The maximum atomic E-state index is 6.12. The molecule has 4 aromatic rings. The first-order chi connectivity index (χ1) is 16.0. The maximum absolute atomic E-state index is 6.12. The number of benzene rings is 1. The first kappa shape index (κ1) is 21.2. The average molecular weight is 457 g/mol. The van der Waals surface area contributed by atoms with Crippen LogP contribution in [0.2, 0.25) is 0 Å². The van der Waals surface area contributed by atoms with Crippen LogP contribution in [0.5, 0.6) is 5.75 Å². The van der Waals surface area contributed by atoms with E-state index < -0.39 is 0 Å². The fraction of sp³-hybridized carbons (Fsp3) is 0.200. The number of imidazole rings is 1. The van der Waals surface area contributed by atoms with E-state index >= 15 is 0 Å². The van der Waals surface area contributed by atoms with E-state index in [0.29, 0.717) is 11.8 Å². The molecule has 2 atom stereocenters. The Labute approximate surface area is 196 Å². The summed E-state index contributed by atoms with van der Waals surface area (Å²) in [6.45, 7) is 2.42. The van der Waals surface area contributed by atoms with E-state index in [2.05, 4.69) is 26.0 Å². The Morgan fingerprint density at radius 2 is 1.94 bits per heavy atom. The lowest BCUT2D eigenvalue weighted by Crippen LogP contribution is -2.06. The second kappa shape index (κ2) is 9.07. The topological polar surface area (TPSA) is 91.2 Å². The number of hydrogen-bond acceptors (Lipinski definition) is 7. The molecule has 2 unspecified atom stereocenters. The van der Waals surface area contributed by atoms with Gasteiger partial charge < -0.3 is 15.0 Å². The van der Waals surface area contributed by atoms with Gasteiger partial charge in [0, 0.05) is 30.7 Å². The summed E-state index contributed by atoms with van der Waals surface area (Å²) >= 11 is 1.57. The van der Waals surface area contributed by atoms with Crippen LogP contribution in [0, 0.1) is 6.92 Å². The summed E-state index contributed by atoms with van der Waals surface area (Å²) in [4.78, 5) is 18.2. The molecule has 0 amide bonds. The van der Waals surface area contributed by atoms with Crippen LogP contribution >= 0.6 is 11.8 Å². The van der Waals surface area contributed by atoms with Gasteiger partial charge in [0.05, 0.1) is 28.7 Å². The maximum Gasteiger partial charge on any atom is 0.155 e. The van der Waals surface area contributed by atoms with Crippen LogP contribution in [0.4, 0.5) is 0 Å². The van der Waals surface area contributed by atoms with Crippen molar-refractivity contribution in [2.24, 2.45) is 17.8 Å². The molecule has 0 saturated carbocycles. The van der Waals surface area contributed by atoms with Crippen LogP contribution in [0.1, 0.15) is 33.9 Å². The first-order valence-electron chi connectivity index (χ1n) is 10.6.